The summed E-state index contributed by atoms with van der Waals surface area (Å²) < 4.78 is 6.08. The lowest BCUT2D eigenvalue weighted by molar-refractivity contribution is -0.152. The van der Waals surface area contributed by atoms with E-state index in [1.807, 2.05) is 30.3 Å². The second-order valence-corrected chi connectivity index (χ2v) is 9.77. The van der Waals surface area contributed by atoms with E-state index in [0.29, 0.717) is 16.9 Å². The van der Waals surface area contributed by atoms with Gasteiger partial charge in [0.1, 0.15) is 17.1 Å². The number of rotatable bonds is 7. The first-order chi connectivity index (χ1) is 15.8. The van der Waals surface area contributed by atoms with Gasteiger partial charge in [0.25, 0.3) is 5.91 Å². The zero-order chi connectivity index (χ0) is 23.5. The van der Waals surface area contributed by atoms with Crippen LogP contribution in [0, 0.1) is 0 Å². The third-order valence-corrected chi connectivity index (χ3v) is 7.33. The van der Waals surface area contributed by atoms with Crippen LogP contribution in [-0.4, -0.2) is 52.2 Å². The van der Waals surface area contributed by atoms with Gasteiger partial charge in [-0.2, -0.15) is 0 Å². The van der Waals surface area contributed by atoms with E-state index >= 15 is 0 Å². The number of fused-ring (bicyclic) bond motifs is 1. The normalized spacial score (nSPS) is 19.5. The molecule has 0 bridgehead atoms. The van der Waals surface area contributed by atoms with Crippen molar-refractivity contribution in [3.63, 3.8) is 0 Å². The first-order valence-electron chi connectivity index (χ1n) is 10.3. The fourth-order valence-electron chi connectivity index (χ4n) is 3.69. The highest BCUT2D eigenvalue weighted by Gasteiger charge is 2.54. The number of carbonyl (C=O) groups is 4. The lowest BCUT2D eigenvalue weighted by Gasteiger charge is -2.49. The number of hydrogen-bond acceptors (Lipinski definition) is 6. The molecule has 9 heteroatoms. The van der Waals surface area contributed by atoms with Crippen LogP contribution in [0.3, 0.4) is 0 Å². The van der Waals surface area contributed by atoms with Gasteiger partial charge in [-0.1, -0.05) is 58.4 Å². The fourth-order valence-corrected chi connectivity index (χ4v) is 5.24. The molecule has 4 rings (SSSR count). The van der Waals surface area contributed by atoms with Gasteiger partial charge in [-0.15, -0.1) is 11.8 Å². The molecule has 2 heterocycles. The standard InChI is InChI=1S/C24H21BrN2O5S/c1-14-13-33-23-20(26-19(29)11-15-5-3-2-4-6-15)22(30)27(23)21(14)24(31)32-12-18(28)16-7-9-17(25)10-8-16/h2-10,20,23H,11-13H2,1H3,(H,26,29)/t20?,23-/m1/s1. The van der Waals surface area contributed by atoms with Crippen molar-refractivity contribution < 1.29 is 23.9 Å². The van der Waals surface area contributed by atoms with Gasteiger partial charge >= 0.3 is 5.97 Å². The Morgan fingerprint density at radius 1 is 1.12 bits per heavy atom. The molecule has 2 aromatic rings. The Bertz CT molecular complexity index is 1130. The summed E-state index contributed by atoms with van der Waals surface area (Å²) in [4.78, 5) is 51.7. The van der Waals surface area contributed by atoms with Crippen LogP contribution in [0.15, 0.2) is 70.3 Å². The molecule has 2 amide bonds. The van der Waals surface area contributed by atoms with Crippen molar-refractivity contribution in [2.75, 3.05) is 12.4 Å². The summed E-state index contributed by atoms with van der Waals surface area (Å²) in [6.45, 7) is 1.33. The molecule has 2 atom stereocenters. The maximum atomic E-state index is 12.8. The predicted molar refractivity (Wildman–Crippen MR) is 127 cm³/mol. The number of ketones is 1. The van der Waals surface area contributed by atoms with Gasteiger partial charge in [0.15, 0.2) is 12.4 Å². The molecular weight excluding hydrogens is 508 g/mol. The van der Waals surface area contributed by atoms with Gasteiger partial charge in [-0.3, -0.25) is 19.3 Å². The number of carbonyl (C=O) groups excluding carboxylic acids is 4. The minimum atomic E-state index is -0.717. The van der Waals surface area contributed by atoms with Crippen LogP contribution in [0.4, 0.5) is 0 Å². The molecule has 0 radical (unpaired) electrons. The maximum absolute atomic E-state index is 12.8. The Labute approximate surface area is 203 Å². The molecule has 0 aromatic heterocycles. The quantitative estimate of drug-likeness (QED) is 0.337. The summed E-state index contributed by atoms with van der Waals surface area (Å²) in [5, 5.41) is 2.40. The Hall–Kier alpha value is -2.91. The zero-order valence-corrected chi connectivity index (χ0v) is 20.1. The predicted octanol–water partition coefficient (Wildman–Crippen LogP) is 3.09. The van der Waals surface area contributed by atoms with E-state index in [1.165, 1.54) is 16.7 Å². The molecule has 2 aliphatic rings. The number of thioether (sulfide) groups is 1. The number of hydrogen-bond donors (Lipinski definition) is 1. The van der Waals surface area contributed by atoms with Crippen LogP contribution in [0.25, 0.3) is 0 Å². The second kappa shape index (κ2) is 9.93. The highest BCUT2D eigenvalue weighted by atomic mass is 79.9. The van der Waals surface area contributed by atoms with Gasteiger partial charge in [-0.05, 0) is 30.2 Å². The Balaban J connectivity index is 1.37. The number of ether oxygens (including phenoxy) is 1. The van der Waals surface area contributed by atoms with Crippen molar-refractivity contribution in [3.05, 3.63) is 81.5 Å². The largest absolute Gasteiger partial charge is 0.453 e. The molecule has 2 aliphatic heterocycles. The molecule has 1 fully saturated rings. The Kier molecular flexibility index (Phi) is 6.99. The summed E-state index contributed by atoms with van der Waals surface area (Å²) in [7, 11) is 0. The van der Waals surface area contributed by atoms with Crippen LogP contribution >= 0.6 is 27.7 Å². The van der Waals surface area contributed by atoms with Crippen LogP contribution in [0.2, 0.25) is 0 Å². The summed E-state index contributed by atoms with van der Waals surface area (Å²) in [5.74, 6) is -1.15. The van der Waals surface area contributed by atoms with Gasteiger partial charge in [0.05, 0.1) is 6.42 Å². The number of esters is 1. The SMILES string of the molecule is CC1=C(C(=O)OCC(=O)c2ccc(Br)cc2)N2C(=O)C(NC(=O)Cc3ccccc3)[C@H]2SC1. The van der Waals surface area contributed by atoms with E-state index in [0.717, 1.165) is 10.0 Å². The van der Waals surface area contributed by atoms with Gasteiger partial charge < -0.3 is 10.1 Å². The molecule has 1 saturated heterocycles. The Morgan fingerprint density at radius 3 is 2.52 bits per heavy atom. The van der Waals surface area contributed by atoms with E-state index in [2.05, 4.69) is 21.2 Å². The molecule has 170 valence electrons. The summed E-state index contributed by atoms with van der Waals surface area (Å²) >= 11 is 4.79. The van der Waals surface area contributed by atoms with Crippen molar-refractivity contribution in [1.29, 1.82) is 0 Å². The molecule has 1 N–H and O–H groups in total. The number of benzene rings is 2. The summed E-state index contributed by atoms with van der Waals surface area (Å²) in [6.07, 6.45) is 0.171. The van der Waals surface area contributed by atoms with Crippen molar-refractivity contribution in [3.8, 4) is 0 Å². The van der Waals surface area contributed by atoms with Gasteiger partial charge in [0.2, 0.25) is 5.91 Å². The molecule has 0 aliphatic carbocycles. The average Bonchev–Trinajstić information content (AvgIpc) is 2.81. The number of nitrogens with one attached hydrogen (secondary N) is 1. The molecule has 33 heavy (non-hydrogen) atoms. The van der Waals surface area contributed by atoms with E-state index in [9.17, 15) is 19.2 Å². The van der Waals surface area contributed by atoms with Gasteiger partial charge in [0, 0.05) is 15.8 Å². The number of amides is 2. The van der Waals surface area contributed by atoms with E-state index in [1.54, 1.807) is 31.2 Å². The van der Waals surface area contributed by atoms with Crippen LogP contribution in [-0.2, 0) is 25.5 Å². The minimum Gasteiger partial charge on any atom is -0.453 e. The monoisotopic (exact) mass is 528 g/mol. The van der Waals surface area contributed by atoms with Crippen molar-refractivity contribution in [2.45, 2.75) is 24.8 Å². The first-order valence-corrected chi connectivity index (χ1v) is 12.1. The molecular formula is C24H21BrN2O5S. The van der Waals surface area contributed by atoms with Gasteiger partial charge in [-0.25, -0.2) is 4.79 Å². The third-order valence-electron chi connectivity index (χ3n) is 5.38. The summed E-state index contributed by atoms with van der Waals surface area (Å²) in [5.41, 5.74) is 2.13. The van der Waals surface area contributed by atoms with E-state index in [-0.39, 0.29) is 35.1 Å². The topological polar surface area (TPSA) is 92.8 Å². The fraction of sp³-hybridized carbons (Fsp3) is 0.250. The van der Waals surface area contributed by atoms with Crippen LogP contribution in [0.1, 0.15) is 22.8 Å². The average molecular weight is 529 g/mol. The molecule has 1 unspecified atom stereocenters. The number of β-lactam (4-membered cyclic amide) rings is 1. The van der Waals surface area contributed by atoms with Crippen LogP contribution in [0.5, 0.6) is 0 Å². The third kappa shape index (κ3) is 5.04. The van der Waals surface area contributed by atoms with E-state index < -0.39 is 18.6 Å². The molecule has 0 saturated carbocycles. The van der Waals surface area contributed by atoms with Crippen molar-refractivity contribution in [2.24, 2.45) is 0 Å². The maximum Gasteiger partial charge on any atom is 0.355 e. The first kappa shape index (κ1) is 23.3. The van der Waals surface area contributed by atoms with E-state index in [4.69, 9.17) is 4.74 Å². The highest BCUT2D eigenvalue weighted by Crippen LogP contribution is 2.40. The number of halogens is 1. The second-order valence-electron chi connectivity index (χ2n) is 7.75. The van der Waals surface area contributed by atoms with Crippen molar-refractivity contribution in [1.82, 2.24) is 10.2 Å². The number of Topliss-reactive ketones (excluding diaryl/α,β-unsaturated/α-hetero) is 1. The van der Waals surface area contributed by atoms with Crippen LogP contribution < -0.4 is 5.32 Å². The lowest BCUT2D eigenvalue weighted by Crippen LogP contribution is -2.70. The minimum absolute atomic E-state index is 0.154. The summed E-state index contributed by atoms with van der Waals surface area (Å²) in [6, 6.07) is 15.3. The number of nitrogens with zero attached hydrogens (tertiary/aromatic N) is 1. The Morgan fingerprint density at radius 2 is 1.82 bits per heavy atom. The zero-order valence-electron chi connectivity index (χ0n) is 17.7. The molecule has 0 spiro atoms. The highest BCUT2D eigenvalue weighted by molar-refractivity contribution is 9.10. The van der Waals surface area contributed by atoms with Crippen molar-refractivity contribution >= 4 is 51.3 Å². The molecule has 2 aromatic carbocycles. The molecule has 7 nitrogen and oxygen atoms in total. The lowest BCUT2D eigenvalue weighted by atomic mass is 10.0. The smallest absolute Gasteiger partial charge is 0.355 e.